The minimum absolute atomic E-state index is 0.0441. The summed E-state index contributed by atoms with van der Waals surface area (Å²) in [4.78, 5) is 48.1. The third-order valence-corrected chi connectivity index (χ3v) is 7.51. The molecule has 0 aliphatic rings. The van der Waals surface area contributed by atoms with Gasteiger partial charge in [-0.25, -0.2) is 0 Å². The normalized spacial score (nSPS) is 11.9. The van der Waals surface area contributed by atoms with Crippen molar-refractivity contribution in [1.29, 1.82) is 0 Å². The third-order valence-electron chi connectivity index (χ3n) is 7.51. The highest BCUT2D eigenvalue weighted by atomic mass is 16.4. The number of hydrogen-bond donors (Lipinski definition) is 4. The molecule has 0 saturated carbocycles. The van der Waals surface area contributed by atoms with Gasteiger partial charge in [-0.05, 0) is 32.1 Å². The summed E-state index contributed by atoms with van der Waals surface area (Å²) in [5.41, 5.74) is -4.05. The minimum atomic E-state index is -2.02. The van der Waals surface area contributed by atoms with E-state index in [1.54, 1.807) is 0 Å². The van der Waals surface area contributed by atoms with Crippen LogP contribution in [0.2, 0.25) is 0 Å². The number of rotatable bonds is 25. The van der Waals surface area contributed by atoms with E-state index in [1.807, 2.05) is 0 Å². The van der Waals surface area contributed by atoms with Crippen LogP contribution in [0.1, 0.15) is 142 Å². The van der Waals surface area contributed by atoms with E-state index in [9.17, 15) is 39.6 Å². The van der Waals surface area contributed by atoms with Crippen LogP contribution in [-0.4, -0.2) is 44.3 Å². The van der Waals surface area contributed by atoms with Gasteiger partial charge in [0, 0.05) is 0 Å². The van der Waals surface area contributed by atoms with Gasteiger partial charge in [-0.2, -0.15) is 0 Å². The van der Waals surface area contributed by atoms with Crippen molar-refractivity contribution in [2.24, 2.45) is 10.8 Å². The lowest BCUT2D eigenvalue weighted by Gasteiger charge is -2.28. The second-order valence-corrected chi connectivity index (χ2v) is 10.3. The van der Waals surface area contributed by atoms with E-state index < -0.39 is 34.7 Å². The first-order valence-corrected chi connectivity index (χ1v) is 14.0. The van der Waals surface area contributed by atoms with Crippen LogP contribution in [0.15, 0.2) is 0 Å². The van der Waals surface area contributed by atoms with Crippen molar-refractivity contribution < 1.29 is 39.6 Å². The molecular weight excluding hydrogens is 464 g/mol. The molecule has 0 fully saturated rings. The predicted molar refractivity (Wildman–Crippen MR) is 139 cm³/mol. The first-order chi connectivity index (χ1) is 17.1. The molecule has 0 aromatic heterocycles. The summed E-state index contributed by atoms with van der Waals surface area (Å²) in [7, 11) is 0. The molecule has 8 heteroatoms. The molecule has 36 heavy (non-hydrogen) atoms. The summed E-state index contributed by atoms with van der Waals surface area (Å²) in [5, 5.41) is 39.1. The molecule has 0 heterocycles. The Morgan fingerprint density at radius 3 is 0.861 bits per heavy atom. The number of carboxylic acid groups (broad SMARTS) is 4. The molecule has 0 unspecified atom stereocenters. The van der Waals surface area contributed by atoms with E-state index in [1.165, 1.54) is 12.8 Å². The van der Waals surface area contributed by atoms with Gasteiger partial charge in [-0.3, -0.25) is 19.2 Å². The van der Waals surface area contributed by atoms with Crippen molar-refractivity contribution in [1.82, 2.24) is 0 Å². The zero-order valence-electron chi connectivity index (χ0n) is 22.6. The first-order valence-electron chi connectivity index (χ1n) is 14.0. The number of carboxylic acids is 4. The fourth-order valence-corrected chi connectivity index (χ4v) is 4.92. The quantitative estimate of drug-likeness (QED) is 0.0741. The number of unbranched alkanes of at least 4 members (excludes halogenated alkanes) is 13. The SMILES string of the molecule is CCCCCCCCCCC(CCCC(CCCCCCCCC)(C(=O)O)C(=O)O)(C(=O)O)C(=O)O. The maximum Gasteiger partial charge on any atom is 0.321 e. The molecule has 0 atom stereocenters. The highest BCUT2D eigenvalue weighted by Gasteiger charge is 2.49. The van der Waals surface area contributed by atoms with Crippen LogP contribution in [-0.2, 0) is 19.2 Å². The van der Waals surface area contributed by atoms with Gasteiger partial charge in [-0.15, -0.1) is 0 Å². The molecule has 0 bridgehead atoms. The molecule has 0 aromatic carbocycles. The van der Waals surface area contributed by atoms with E-state index >= 15 is 0 Å². The molecule has 0 aromatic rings. The second kappa shape index (κ2) is 19.1. The molecule has 0 spiro atoms. The summed E-state index contributed by atoms with van der Waals surface area (Å²) in [6.07, 6.45) is 13.5. The van der Waals surface area contributed by atoms with Gasteiger partial charge in [0.2, 0.25) is 0 Å². The Kier molecular flexibility index (Phi) is 17.9. The van der Waals surface area contributed by atoms with E-state index in [4.69, 9.17) is 0 Å². The average Bonchev–Trinajstić information content (AvgIpc) is 2.81. The minimum Gasteiger partial charge on any atom is -0.480 e. The van der Waals surface area contributed by atoms with E-state index in [0.717, 1.165) is 70.6 Å². The Bertz CT molecular complexity index is 630. The molecule has 0 rings (SSSR count). The second-order valence-electron chi connectivity index (χ2n) is 10.3. The van der Waals surface area contributed by atoms with Crippen molar-refractivity contribution in [3.63, 3.8) is 0 Å². The van der Waals surface area contributed by atoms with Crippen LogP contribution in [0.3, 0.4) is 0 Å². The summed E-state index contributed by atoms with van der Waals surface area (Å²) >= 11 is 0. The topological polar surface area (TPSA) is 149 Å². The van der Waals surface area contributed by atoms with Gasteiger partial charge >= 0.3 is 23.9 Å². The van der Waals surface area contributed by atoms with Crippen molar-refractivity contribution in [2.75, 3.05) is 0 Å². The van der Waals surface area contributed by atoms with Crippen LogP contribution in [0.4, 0.5) is 0 Å². The van der Waals surface area contributed by atoms with E-state index in [-0.39, 0.29) is 32.1 Å². The summed E-state index contributed by atoms with van der Waals surface area (Å²) in [5.74, 6) is -5.77. The number of carbonyl (C=O) groups is 4. The molecule has 0 aliphatic carbocycles. The Balaban J connectivity index is 5.02. The maximum atomic E-state index is 12.0. The highest BCUT2D eigenvalue weighted by molar-refractivity contribution is 5.99. The van der Waals surface area contributed by atoms with Crippen molar-refractivity contribution in [2.45, 2.75) is 142 Å². The lowest BCUT2D eigenvalue weighted by molar-refractivity contribution is -0.166. The van der Waals surface area contributed by atoms with Crippen molar-refractivity contribution in [3.8, 4) is 0 Å². The van der Waals surface area contributed by atoms with Gasteiger partial charge in [0.15, 0.2) is 10.8 Å². The number of hydrogen-bond acceptors (Lipinski definition) is 4. The van der Waals surface area contributed by atoms with Gasteiger partial charge in [-0.1, -0.05) is 110 Å². The van der Waals surface area contributed by atoms with Crippen molar-refractivity contribution >= 4 is 23.9 Å². The Hall–Kier alpha value is -2.12. The predicted octanol–water partition coefficient (Wildman–Crippen LogP) is 7.14. The van der Waals surface area contributed by atoms with Crippen LogP contribution in [0.5, 0.6) is 0 Å². The molecule has 4 N–H and O–H groups in total. The van der Waals surface area contributed by atoms with Crippen LogP contribution < -0.4 is 0 Å². The monoisotopic (exact) mass is 514 g/mol. The molecular formula is C28H50O8. The fraction of sp³-hybridized carbons (Fsp3) is 0.857. The zero-order chi connectivity index (χ0) is 27.5. The van der Waals surface area contributed by atoms with Crippen LogP contribution in [0, 0.1) is 10.8 Å². The van der Waals surface area contributed by atoms with Crippen LogP contribution >= 0.6 is 0 Å². The van der Waals surface area contributed by atoms with Gasteiger partial charge in [0.05, 0.1) is 0 Å². The third kappa shape index (κ3) is 11.7. The number of aliphatic carboxylic acids is 4. The average molecular weight is 515 g/mol. The van der Waals surface area contributed by atoms with Gasteiger partial charge in [0.1, 0.15) is 0 Å². The summed E-state index contributed by atoms with van der Waals surface area (Å²) in [6, 6.07) is 0. The molecule has 0 amide bonds. The Morgan fingerprint density at radius 1 is 0.389 bits per heavy atom. The molecule has 8 nitrogen and oxygen atoms in total. The zero-order valence-corrected chi connectivity index (χ0v) is 22.6. The largest absolute Gasteiger partial charge is 0.480 e. The van der Waals surface area contributed by atoms with E-state index in [2.05, 4.69) is 13.8 Å². The fourth-order valence-electron chi connectivity index (χ4n) is 4.92. The van der Waals surface area contributed by atoms with E-state index in [0.29, 0.717) is 12.8 Å². The highest BCUT2D eigenvalue weighted by Crippen LogP contribution is 2.38. The summed E-state index contributed by atoms with van der Waals surface area (Å²) < 4.78 is 0. The van der Waals surface area contributed by atoms with Crippen LogP contribution in [0.25, 0.3) is 0 Å². The first kappa shape index (κ1) is 33.9. The molecule has 0 aliphatic heterocycles. The van der Waals surface area contributed by atoms with Gasteiger partial charge in [0.25, 0.3) is 0 Å². The Labute approximate surface area is 216 Å². The lowest BCUT2D eigenvalue weighted by atomic mass is 9.73. The molecule has 210 valence electrons. The smallest absolute Gasteiger partial charge is 0.321 e. The lowest BCUT2D eigenvalue weighted by Crippen LogP contribution is -2.42. The molecule has 0 saturated heterocycles. The van der Waals surface area contributed by atoms with Gasteiger partial charge < -0.3 is 20.4 Å². The Morgan fingerprint density at radius 2 is 0.611 bits per heavy atom. The maximum absolute atomic E-state index is 12.0. The van der Waals surface area contributed by atoms with Crippen molar-refractivity contribution in [3.05, 3.63) is 0 Å². The summed E-state index contributed by atoms with van der Waals surface area (Å²) in [6.45, 7) is 4.26. The molecule has 0 radical (unpaired) electrons. The standard InChI is InChI=1S/C28H50O8/c1-3-5-7-9-11-13-15-17-20-28(25(33)34,26(35)36)22-18-21-27(23(29)30,24(31)32)19-16-14-12-10-8-6-4-2/h3-22H2,1-2H3,(H,29,30)(H,31,32)(H,33,34)(H,35,36).